The standard InChI is InChI=1S/C11H21N/c1-10(2,3)11(5-6-11)9-4-7-12-8-9/h9,12H,4-8H2,1-3H3. The summed E-state index contributed by atoms with van der Waals surface area (Å²) >= 11 is 0. The van der Waals surface area contributed by atoms with Crippen molar-refractivity contribution in [3.63, 3.8) is 0 Å². The molecule has 1 atom stereocenters. The first-order valence-electron chi connectivity index (χ1n) is 5.27. The summed E-state index contributed by atoms with van der Waals surface area (Å²) in [5.41, 5.74) is 1.24. The normalized spacial score (nSPS) is 33.8. The lowest BCUT2D eigenvalue weighted by Crippen LogP contribution is -2.31. The molecular weight excluding hydrogens is 146 g/mol. The Bertz CT molecular complexity index is 168. The molecule has 1 unspecified atom stereocenters. The van der Waals surface area contributed by atoms with E-state index in [2.05, 4.69) is 26.1 Å². The van der Waals surface area contributed by atoms with Gasteiger partial charge in [0.05, 0.1) is 0 Å². The number of hydrogen-bond acceptors (Lipinski definition) is 1. The highest BCUT2D eigenvalue weighted by Gasteiger charge is 2.56. The van der Waals surface area contributed by atoms with Crippen molar-refractivity contribution in [3.8, 4) is 0 Å². The lowest BCUT2D eigenvalue weighted by Gasteiger charge is -2.35. The maximum absolute atomic E-state index is 3.49. The van der Waals surface area contributed by atoms with Gasteiger partial charge in [-0.3, -0.25) is 0 Å². The van der Waals surface area contributed by atoms with E-state index >= 15 is 0 Å². The summed E-state index contributed by atoms with van der Waals surface area (Å²) in [6.07, 6.45) is 4.36. The van der Waals surface area contributed by atoms with Gasteiger partial charge < -0.3 is 5.32 Å². The zero-order chi connectivity index (χ0) is 8.82. The maximum atomic E-state index is 3.49. The van der Waals surface area contributed by atoms with Crippen molar-refractivity contribution in [3.05, 3.63) is 0 Å². The van der Waals surface area contributed by atoms with Crippen LogP contribution in [0.2, 0.25) is 0 Å². The van der Waals surface area contributed by atoms with Crippen molar-refractivity contribution in [2.75, 3.05) is 13.1 Å². The van der Waals surface area contributed by atoms with E-state index in [1.54, 1.807) is 0 Å². The summed E-state index contributed by atoms with van der Waals surface area (Å²) in [6.45, 7) is 9.77. The highest BCUT2D eigenvalue weighted by atomic mass is 14.9. The third-order valence-corrected chi connectivity index (χ3v) is 4.12. The summed E-state index contributed by atoms with van der Waals surface area (Å²) in [4.78, 5) is 0. The van der Waals surface area contributed by atoms with Crippen molar-refractivity contribution in [2.24, 2.45) is 16.7 Å². The van der Waals surface area contributed by atoms with E-state index in [4.69, 9.17) is 0 Å². The molecule has 0 spiro atoms. The molecule has 1 N–H and O–H groups in total. The van der Waals surface area contributed by atoms with Crippen LogP contribution in [-0.2, 0) is 0 Å². The Morgan fingerprint density at radius 1 is 1.25 bits per heavy atom. The summed E-state index contributed by atoms with van der Waals surface area (Å²) in [5.74, 6) is 0.970. The molecule has 1 heteroatoms. The molecule has 1 saturated heterocycles. The molecule has 0 aromatic heterocycles. The molecule has 0 radical (unpaired) electrons. The fourth-order valence-electron chi connectivity index (χ4n) is 3.03. The highest BCUT2D eigenvalue weighted by Crippen LogP contribution is 2.64. The van der Waals surface area contributed by atoms with Crippen LogP contribution in [0.3, 0.4) is 0 Å². The molecule has 1 heterocycles. The number of rotatable bonds is 1. The zero-order valence-electron chi connectivity index (χ0n) is 8.61. The van der Waals surface area contributed by atoms with Crippen LogP contribution in [0.5, 0.6) is 0 Å². The fraction of sp³-hybridized carbons (Fsp3) is 1.00. The van der Waals surface area contributed by atoms with E-state index in [0.717, 1.165) is 5.92 Å². The average Bonchev–Trinajstić information content (AvgIpc) is 2.61. The Hall–Kier alpha value is -0.0400. The molecule has 70 valence electrons. The van der Waals surface area contributed by atoms with Gasteiger partial charge in [0.1, 0.15) is 0 Å². The fourth-order valence-corrected chi connectivity index (χ4v) is 3.03. The highest BCUT2D eigenvalue weighted by molar-refractivity contribution is 5.07. The second-order valence-corrected chi connectivity index (χ2v) is 5.60. The molecule has 0 amide bonds. The van der Waals surface area contributed by atoms with Gasteiger partial charge in [0, 0.05) is 0 Å². The Labute approximate surface area is 75.9 Å². The topological polar surface area (TPSA) is 12.0 Å². The summed E-state index contributed by atoms with van der Waals surface area (Å²) < 4.78 is 0. The van der Waals surface area contributed by atoms with Crippen molar-refractivity contribution in [1.29, 1.82) is 0 Å². The second kappa shape index (κ2) is 2.47. The van der Waals surface area contributed by atoms with Crippen molar-refractivity contribution in [2.45, 2.75) is 40.0 Å². The van der Waals surface area contributed by atoms with Gasteiger partial charge in [0.25, 0.3) is 0 Å². The molecule has 0 aromatic rings. The lowest BCUT2D eigenvalue weighted by atomic mass is 9.69. The van der Waals surface area contributed by atoms with E-state index < -0.39 is 0 Å². The summed E-state index contributed by atoms with van der Waals surface area (Å²) in [6, 6.07) is 0. The van der Waals surface area contributed by atoms with Crippen LogP contribution >= 0.6 is 0 Å². The predicted molar refractivity (Wildman–Crippen MR) is 52.1 cm³/mol. The predicted octanol–water partition coefficient (Wildman–Crippen LogP) is 2.42. The third kappa shape index (κ3) is 1.10. The SMILES string of the molecule is CC(C)(C)C1(C2CCNC2)CC1. The van der Waals surface area contributed by atoms with Gasteiger partial charge in [-0.1, -0.05) is 20.8 Å². The van der Waals surface area contributed by atoms with E-state index in [-0.39, 0.29) is 0 Å². The molecule has 12 heavy (non-hydrogen) atoms. The lowest BCUT2D eigenvalue weighted by molar-refractivity contribution is 0.140. The maximum Gasteiger partial charge on any atom is -0.00145 e. The summed E-state index contributed by atoms with van der Waals surface area (Å²) in [5, 5.41) is 3.49. The van der Waals surface area contributed by atoms with Crippen molar-refractivity contribution < 1.29 is 0 Å². The third-order valence-electron chi connectivity index (χ3n) is 4.12. The second-order valence-electron chi connectivity index (χ2n) is 5.60. The quantitative estimate of drug-likeness (QED) is 0.632. The Morgan fingerprint density at radius 2 is 1.92 bits per heavy atom. The Morgan fingerprint density at radius 3 is 2.25 bits per heavy atom. The van der Waals surface area contributed by atoms with Crippen LogP contribution < -0.4 is 5.32 Å². The molecule has 0 bridgehead atoms. The van der Waals surface area contributed by atoms with Crippen LogP contribution in [0.15, 0.2) is 0 Å². The number of hydrogen-bond donors (Lipinski definition) is 1. The molecule has 2 rings (SSSR count). The van der Waals surface area contributed by atoms with E-state index in [9.17, 15) is 0 Å². The molecule has 0 aromatic carbocycles. The first-order chi connectivity index (χ1) is 5.56. The van der Waals surface area contributed by atoms with Gasteiger partial charge in [-0.25, -0.2) is 0 Å². The zero-order valence-corrected chi connectivity index (χ0v) is 8.61. The van der Waals surface area contributed by atoms with Crippen LogP contribution in [0, 0.1) is 16.7 Å². The minimum atomic E-state index is 0.531. The van der Waals surface area contributed by atoms with E-state index in [0.29, 0.717) is 10.8 Å². The minimum Gasteiger partial charge on any atom is -0.316 e. The van der Waals surface area contributed by atoms with Crippen LogP contribution in [0.4, 0.5) is 0 Å². The van der Waals surface area contributed by atoms with Gasteiger partial charge in [0.2, 0.25) is 0 Å². The molecule has 1 nitrogen and oxygen atoms in total. The Kier molecular flexibility index (Phi) is 1.76. The van der Waals surface area contributed by atoms with Gasteiger partial charge in [-0.05, 0) is 49.1 Å². The van der Waals surface area contributed by atoms with Crippen LogP contribution in [-0.4, -0.2) is 13.1 Å². The van der Waals surface area contributed by atoms with E-state index in [1.165, 1.54) is 32.4 Å². The van der Waals surface area contributed by atoms with Gasteiger partial charge in [0.15, 0.2) is 0 Å². The van der Waals surface area contributed by atoms with Crippen LogP contribution in [0.1, 0.15) is 40.0 Å². The smallest absolute Gasteiger partial charge is 0.00145 e. The minimum absolute atomic E-state index is 0.531. The van der Waals surface area contributed by atoms with Gasteiger partial charge in [-0.2, -0.15) is 0 Å². The van der Waals surface area contributed by atoms with E-state index in [1.807, 2.05) is 0 Å². The number of nitrogens with one attached hydrogen (secondary N) is 1. The monoisotopic (exact) mass is 167 g/mol. The Balaban J connectivity index is 2.10. The average molecular weight is 167 g/mol. The largest absolute Gasteiger partial charge is 0.316 e. The van der Waals surface area contributed by atoms with Crippen LogP contribution in [0.25, 0.3) is 0 Å². The van der Waals surface area contributed by atoms with Gasteiger partial charge >= 0.3 is 0 Å². The molecule has 1 aliphatic carbocycles. The first-order valence-corrected chi connectivity index (χ1v) is 5.27. The van der Waals surface area contributed by atoms with Crippen molar-refractivity contribution >= 4 is 0 Å². The molecule has 1 saturated carbocycles. The molecular formula is C11H21N. The molecule has 1 aliphatic heterocycles. The van der Waals surface area contributed by atoms with Gasteiger partial charge in [-0.15, -0.1) is 0 Å². The molecule has 2 aliphatic rings. The molecule has 2 fully saturated rings. The summed E-state index contributed by atoms with van der Waals surface area (Å²) in [7, 11) is 0. The van der Waals surface area contributed by atoms with Crippen molar-refractivity contribution in [1.82, 2.24) is 5.32 Å². The first kappa shape index (κ1) is 8.55.